The lowest BCUT2D eigenvalue weighted by Gasteiger charge is -2.54. The summed E-state index contributed by atoms with van der Waals surface area (Å²) in [4.78, 5) is 0. The normalized spacial score (nSPS) is 24.5. The summed E-state index contributed by atoms with van der Waals surface area (Å²) in [6.45, 7) is 20.9. The number of fused-ring (bicyclic) bond motifs is 1. The molecule has 2 fully saturated rings. The summed E-state index contributed by atoms with van der Waals surface area (Å²) in [5.74, 6) is 1.52. The molecule has 0 unspecified atom stereocenters. The minimum Gasteiger partial charge on any atom is -0.496 e. The van der Waals surface area contributed by atoms with Gasteiger partial charge in [0.25, 0.3) is 0 Å². The van der Waals surface area contributed by atoms with E-state index in [1.165, 1.54) is 0 Å². The highest BCUT2D eigenvalue weighted by molar-refractivity contribution is 6.74. The zero-order chi connectivity index (χ0) is 51.8. The van der Waals surface area contributed by atoms with Gasteiger partial charge in [0, 0.05) is 35.8 Å². The molecule has 11 heteroatoms. The maximum absolute atomic E-state index is 14.0. The predicted octanol–water partition coefficient (Wildman–Crippen LogP) is 13.4. The first kappa shape index (κ1) is 53.9. The lowest BCUT2D eigenvalue weighted by atomic mass is 9.68. The third kappa shape index (κ3) is 12.3. The zero-order valence-corrected chi connectivity index (χ0v) is 45.3. The SMILES string of the molecule is C=CCO[C@@H]1C[C@@](C)(OCc2ccccc2)C[C@@H](O[Si](C)(C)C(C)(C)C)[C@]1(O)c1cc(OC)c2c(OCc3ccccc3)c([C@H]3C[C@@H](OCc4ccccc4)[C@H](OCc4ccccc4)[C@@H](C)O3)ccc2c1OC. The van der Waals surface area contributed by atoms with E-state index in [4.69, 9.17) is 42.3 Å². The summed E-state index contributed by atoms with van der Waals surface area (Å²) in [5.41, 5.74) is 3.00. The van der Waals surface area contributed by atoms with E-state index in [9.17, 15) is 5.11 Å². The Kier molecular flexibility index (Phi) is 17.3. The summed E-state index contributed by atoms with van der Waals surface area (Å²) in [7, 11) is 0.701. The van der Waals surface area contributed by atoms with Crippen LogP contribution in [0.1, 0.15) is 93.4 Å². The maximum atomic E-state index is 14.0. The number of methoxy groups -OCH3 is 2. The smallest absolute Gasteiger partial charge is 0.192 e. The average molecular weight is 1010 g/mol. The summed E-state index contributed by atoms with van der Waals surface area (Å²) in [6.07, 6.45) is -0.179. The highest BCUT2D eigenvalue weighted by Crippen LogP contribution is 2.55. The Morgan fingerprint density at radius 3 is 1.79 bits per heavy atom. The van der Waals surface area contributed by atoms with E-state index in [-0.39, 0.29) is 36.6 Å². The molecule has 73 heavy (non-hydrogen) atoms. The Hall–Kier alpha value is -5.34. The summed E-state index contributed by atoms with van der Waals surface area (Å²) >= 11 is 0. The van der Waals surface area contributed by atoms with Crippen LogP contribution in [0, 0.1) is 0 Å². The van der Waals surface area contributed by atoms with Crippen molar-refractivity contribution >= 4 is 19.1 Å². The van der Waals surface area contributed by atoms with Crippen molar-refractivity contribution < 1.29 is 47.4 Å². The van der Waals surface area contributed by atoms with Crippen molar-refractivity contribution in [1.29, 1.82) is 0 Å². The lowest BCUT2D eigenvalue weighted by molar-refractivity contribution is -0.234. The van der Waals surface area contributed by atoms with Gasteiger partial charge in [-0.1, -0.05) is 154 Å². The van der Waals surface area contributed by atoms with Gasteiger partial charge in [0.2, 0.25) is 0 Å². The third-order valence-electron chi connectivity index (χ3n) is 15.2. The van der Waals surface area contributed by atoms with E-state index in [1.807, 2.05) is 97.1 Å². The van der Waals surface area contributed by atoms with Crippen LogP contribution in [0.5, 0.6) is 17.2 Å². The molecule has 1 heterocycles. The van der Waals surface area contributed by atoms with Crippen molar-refractivity contribution in [2.24, 2.45) is 0 Å². The Labute approximate surface area is 434 Å². The molecule has 1 aliphatic heterocycles. The molecule has 8 atom stereocenters. The Balaban J connectivity index is 1.25. The number of ether oxygens (including phenoxy) is 8. The van der Waals surface area contributed by atoms with Crippen molar-refractivity contribution in [2.75, 3.05) is 20.8 Å². The molecule has 0 radical (unpaired) electrons. The molecular weight excluding hydrogens is 933 g/mol. The van der Waals surface area contributed by atoms with Crippen molar-refractivity contribution in [3.8, 4) is 17.2 Å². The molecule has 8 rings (SSSR count). The Morgan fingerprint density at radius 1 is 0.699 bits per heavy atom. The molecule has 0 aromatic heterocycles. The molecule has 10 nitrogen and oxygen atoms in total. The van der Waals surface area contributed by atoms with Crippen LogP contribution in [-0.2, 0) is 60.1 Å². The molecule has 6 aromatic carbocycles. The standard InChI is InChI=1S/C62H76O10Si/c1-11-34-66-54-37-61(6,70-42-47-30-22-15-23-31-47)38-55(72-73(9,10)60(3,4)5)62(54,63)50-35-52(64-7)56-49(58(50)65-8)33-32-48(59(56)69-41-46-28-20-14-21-29-46)51-36-53(67-39-44-24-16-12-17-25-44)57(43(2)71-51)68-40-45-26-18-13-19-27-45/h11-33,35,43,51,53-55,57,63H,1,34,36-42H2,2-10H3/t43-,51-,53-,54-,55-,57-,61-,62+/m1/s1. The molecule has 388 valence electrons. The van der Waals surface area contributed by atoms with Gasteiger partial charge in [0.1, 0.15) is 35.6 Å². The van der Waals surface area contributed by atoms with Gasteiger partial charge in [-0.15, -0.1) is 6.58 Å². The maximum Gasteiger partial charge on any atom is 0.192 e. The molecule has 6 aromatic rings. The molecule has 0 spiro atoms. The first-order chi connectivity index (χ1) is 35.1. The molecule has 0 bridgehead atoms. The monoisotopic (exact) mass is 1010 g/mol. The van der Waals surface area contributed by atoms with Crippen LogP contribution in [0.15, 0.2) is 152 Å². The fourth-order valence-electron chi connectivity index (χ4n) is 10.2. The van der Waals surface area contributed by atoms with Gasteiger partial charge in [-0.2, -0.15) is 0 Å². The fraction of sp³-hybridized carbons (Fsp3) is 0.419. The van der Waals surface area contributed by atoms with Crippen molar-refractivity contribution in [3.63, 3.8) is 0 Å². The van der Waals surface area contributed by atoms with Crippen LogP contribution in [0.3, 0.4) is 0 Å². The van der Waals surface area contributed by atoms with Crippen molar-refractivity contribution in [2.45, 2.75) is 146 Å². The highest BCUT2D eigenvalue weighted by atomic mass is 28.4. The first-order valence-electron chi connectivity index (χ1n) is 25.7. The van der Waals surface area contributed by atoms with Crippen LogP contribution >= 0.6 is 0 Å². The van der Waals surface area contributed by atoms with E-state index in [0.29, 0.717) is 72.7 Å². The van der Waals surface area contributed by atoms with Crippen LogP contribution in [0.25, 0.3) is 10.8 Å². The van der Waals surface area contributed by atoms with Crippen LogP contribution in [0.2, 0.25) is 18.1 Å². The van der Waals surface area contributed by atoms with Crippen LogP contribution < -0.4 is 14.2 Å². The number of hydrogen-bond donors (Lipinski definition) is 1. The number of rotatable bonds is 21. The van der Waals surface area contributed by atoms with Crippen LogP contribution in [0.4, 0.5) is 0 Å². The summed E-state index contributed by atoms with van der Waals surface area (Å²) in [6, 6.07) is 46.6. The summed E-state index contributed by atoms with van der Waals surface area (Å²) < 4.78 is 61.6. The van der Waals surface area contributed by atoms with Gasteiger partial charge in [0.05, 0.1) is 82.2 Å². The van der Waals surface area contributed by atoms with Crippen LogP contribution in [-0.4, -0.2) is 70.4 Å². The Bertz CT molecular complexity index is 2710. The zero-order valence-electron chi connectivity index (χ0n) is 44.3. The number of hydrogen-bond acceptors (Lipinski definition) is 10. The van der Waals surface area contributed by atoms with Gasteiger partial charge in [-0.05, 0) is 66.4 Å². The van der Waals surface area contributed by atoms with E-state index >= 15 is 0 Å². The van der Waals surface area contributed by atoms with Gasteiger partial charge in [0.15, 0.2) is 8.32 Å². The topological polar surface area (TPSA) is 103 Å². The van der Waals surface area contributed by atoms with Crippen molar-refractivity contribution in [3.05, 3.63) is 186 Å². The highest BCUT2D eigenvalue weighted by Gasteiger charge is 2.59. The van der Waals surface area contributed by atoms with E-state index in [2.05, 4.69) is 96.8 Å². The molecule has 1 saturated heterocycles. The molecule has 2 aliphatic rings. The average Bonchev–Trinajstić information content (AvgIpc) is 3.39. The van der Waals surface area contributed by atoms with Gasteiger partial charge >= 0.3 is 0 Å². The third-order valence-corrected chi connectivity index (χ3v) is 19.7. The predicted molar refractivity (Wildman–Crippen MR) is 291 cm³/mol. The minimum atomic E-state index is -2.59. The molecule has 0 amide bonds. The fourth-order valence-corrected chi connectivity index (χ4v) is 11.5. The first-order valence-corrected chi connectivity index (χ1v) is 28.6. The Morgan fingerprint density at radius 2 is 1.25 bits per heavy atom. The second kappa shape index (κ2) is 23.5. The van der Waals surface area contributed by atoms with Gasteiger partial charge < -0.3 is 47.4 Å². The van der Waals surface area contributed by atoms with E-state index < -0.39 is 37.8 Å². The molecule has 1 saturated carbocycles. The second-order valence-electron chi connectivity index (χ2n) is 21.4. The minimum absolute atomic E-state index is 0.186. The lowest BCUT2D eigenvalue weighted by Crippen LogP contribution is -2.63. The second-order valence-corrected chi connectivity index (χ2v) is 26.2. The number of aliphatic hydroxyl groups is 1. The van der Waals surface area contributed by atoms with E-state index in [1.54, 1.807) is 20.3 Å². The largest absolute Gasteiger partial charge is 0.496 e. The van der Waals surface area contributed by atoms with Gasteiger partial charge in [-0.25, -0.2) is 0 Å². The number of benzene rings is 6. The molecular formula is C62H76O10Si. The quantitative estimate of drug-likeness (QED) is 0.0554. The van der Waals surface area contributed by atoms with Crippen molar-refractivity contribution in [1.82, 2.24) is 0 Å². The molecule has 1 aliphatic carbocycles. The van der Waals surface area contributed by atoms with E-state index in [0.717, 1.165) is 27.8 Å². The van der Waals surface area contributed by atoms with Gasteiger partial charge in [-0.3, -0.25) is 0 Å². The summed E-state index contributed by atoms with van der Waals surface area (Å²) in [5, 5.41) is 15.2. The molecule has 1 N–H and O–H groups in total.